The number of likely N-dealkylation sites (N-methyl/N-ethyl adjacent to an activating group) is 1. The number of rotatable bonds is 6. The van der Waals surface area contributed by atoms with Crippen LogP contribution in [0.4, 0.5) is 0 Å². The largest absolute Gasteiger partial charge is 0.492 e. The van der Waals surface area contributed by atoms with E-state index in [4.69, 9.17) is 0 Å². The molecule has 0 unspecified atom stereocenters. The zero-order valence-electron chi connectivity index (χ0n) is 17.0. The topological polar surface area (TPSA) is 59.3 Å². The zero-order valence-corrected chi connectivity index (χ0v) is 17.9. The van der Waals surface area contributed by atoms with Crippen LogP contribution < -0.4 is 9.80 Å². The van der Waals surface area contributed by atoms with Gasteiger partial charge in [-0.1, -0.05) is 49.4 Å². The fourth-order valence-electron chi connectivity index (χ4n) is 4.21. The summed E-state index contributed by atoms with van der Waals surface area (Å²) >= 11 is 1.58. The molecular weight excluding hydrogens is 370 g/mol. The summed E-state index contributed by atoms with van der Waals surface area (Å²) < 4.78 is 1.62. The Morgan fingerprint density at radius 3 is 2.36 bits per heavy atom. The number of aryl methyl sites for hydroxylation is 2. The van der Waals surface area contributed by atoms with Crippen molar-refractivity contribution in [2.24, 2.45) is 0 Å². The van der Waals surface area contributed by atoms with Crippen LogP contribution >= 0.6 is 11.3 Å². The first-order chi connectivity index (χ1) is 13.6. The van der Waals surface area contributed by atoms with Gasteiger partial charge in [-0.2, -0.15) is 4.52 Å². The molecule has 1 aliphatic heterocycles. The van der Waals surface area contributed by atoms with Gasteiger partial charge in [0.1, 0.15) is 31.1 Å². The summed E-state index contributed by atoms with van der Waals surface area (Å²) in [6.45, 7) is 12.2. The van der Waals surface area contributed by atoms with Gasteiger partial charge in [-0.05, 0) is 18.9 Å². The van der Waals surface area contributed by atoms with E-state index in [1.54, 1.807) is 20.8 Å². The standard InChI is InChI=1S/C21H29N5OS/c1-4-15-7-9-16(10-8-15)18(25-13-11-24(6-3)12-14-25)19-20(27)26-21(28-19)22-17(5-2)23-26/h7-10,18,27H,4-6,11-14H2,1-3H3/p+2/t18-/m1/s1. The van der Waals surface area contributed by atoms with Gasteiger partial charge in [0.25, 0.3) is 0 Å². The average molecular weight is 402 g/mol. The first-order valence-electron chi connectivity index (χ1n) is 10.5. The molecule has 2 aromatic heterocycles. The molecule has 0 aliphatic carbocycles. The van der Waals surface area contributed by atoms with E-state index in [0.29, 0.717) is 0 Å². The van der Waals surface area contributed by atoms with Gasteiger partial charge in [0.15, 0.2) is 11.9 Å². The maximum absolute atomic E-state index is 11.0. The Hall–Kier alpha value is -1.96. The molecule has 4 rings (SSSR count). The van der Waals surface area contributed by atoms with Gasteiger partial charge in [-0.25, -0.2) is 4.98 Å². The Labute approximate surface area is 170 Å². The lowest BCUT2D eigenvalue weighted by Crippen LogP contribution is -3.28. The molecule has 0 amide bonds. The molecule has 0 bridgehead atoms. The second-order valence-corrected chi connectivity index (χ2v) is 8.66. The van der Waals surface area contributed by atoms with E-state index in [-0.39, 0.29) is 11.9 Å². The van der Waals surface area contributed by atoms with Crippen molar-refractivity contribution in [2.75, 3.05) is 32.7 Å². The second kappa shape index (κ2) is 8.19. The monoisotopic (exact) mass is 401 g/mol. The first-order valence-corrected chi connectivity index (χ1v) is 11.3. The number of thiazole rings is 1. The highest BCUT2D eigenvalue weighted by Gasteiger charge is 2.35. The normalized spacial score (nSPS) is 21.2. The number of nitrogens with zero attached hydrogens (tertiary/aromatic N) is 3. The Bertz CT molecular complexity index is 924. The van der Waals surface area contributed by atoms with E-state index in [9.17, 15) is 5.11 Å². The fourth-order valence-corrected chi connectivity index (χ4v) is 5.37. The fraction of sp³-hybridized carbons (Fsp3) is 0.524. The van der Waals surface area contributed by atoms with Gasteiger partial charge < -0.3 is 14.9 Å². The number of aromatic nitrogens is 3. The second-order valence-electron chi connectivity index (χ2n) is 7.66. The van der Waals surface area contributed by atoms with Crippen LogP contribution in [0.3, 0.4) is 0 Å². The molecule has 28 heavy (non-hydrogen) atoms. The lowest BCUT2D eigenvalue weighted by atomic mass is 10.0. The van der Waals surface area contributed by atoms with Crippen molar-refractivity contribution < 1.29 is 14.9 Å². The number of nitrogens with one attached hydrogen (secondary N) is 2. The first kappa shape index (κ1) is 19.4. The lowest BCUT2D eigenvalue weighted by molar-refractivity contribution is -1.02. The third-order valence-corrected chi connectivity index (χ3v) is 7.14. The minimum atomic E-state index is 0.128. The van der Waals surface area contributed by atoms with Crippen molar-refractivity contribution in [3.8, 4) is 5.88 Å². The van der Waals surface area contributed by atoms with Crippen molar-refractivity contribution in [3.63, 3.8) is 0 Å². The maximum atomic E-state index is 11.0. The molecule has 0 spiro atoms. The summed E-state index contributed by atoms with van der Waals surface area (Å²) in [6, 6.07) is 9.05. The molecule has 3 N–H and O–H groups in total. The third-order valence-electron chi connectivity index (χ3n) is 6.05. The molecule has 7 heteroatoms. The molecular formula is C21H31N5OS+2. The average Bonchev–Trinajstić information content (AvgIpc) is 3.28. The molecule has 3 heterocycles. The molecule has 1 atom stereocenters. The Balaban J connectivity index is 1.74. The molecule has 1 fully saturated rings. The third kappa shape index (κ3) is 3.54. The van der Waals surface area contributed by atoms with Gasteiger partial charge in [0.2, 0.25) is 10.8 Å². The van der Waals surface area contributed by atoms with E-state index in [1.807, 2.05) is 6.92 Å². The minimum Gasteiger partial charge on any atom is -0.492 e. The van der Waals surface area contributed by atoms with Crippen LogP contribution in [0.15, 0.2) is 24.3 Å². The van der Waals surface area contributed by atoms with Gasteiger partial charge >= 0.3 is 0 Å². The van der Waals surface area contributed by atoms with Gasteiger partial charge in [-0.3, -0.25) is 0 Å². The summed E-state index contributed by atoms with van der Waals surface area (Å²) in [7, 11) is 0. The number of piperazine rings is 1. The van der Waals surface area contributed by atoms with Crippen LogP contribution in [0.25, 0.3) is 4.96 Å². The highest BCUT2D eigenvalue weighted by molar-refractivity contribution is 7.17. The summed E-state index contributed by atoms with van der Waals surface area (Å²) in [4.78, 5) is 9.55. The van der Waals surface area contributed by atoms with E-state index in [2.05, 4.69) is 48.2 Å². The van der Waals surface area contributed by atoms with E-state index in [0.717, 1.165) is 41.6 Å². The number of aromatic hydroxyl groups is 1. The number of quaternary nitrogens is 2. The van der Waals surface area contributed by atoms with E-state index in [1.165, 1.54) is 35.7 Å². The van der Waals surface area contributed by atoms with Crippen LogP contribution in [0, 0.1) is 0 Å². The molecule has 1 saturated heterocycles. The Morgan fingerprint density at radius 1 is 1.07 bits per heavy atom. The van der Waals surface area contributed by atoms with E-state index >= 15 is 0 Å². The van der Waals surface area contributed by atoms with Crippen molar-refractivity contribution in [2.45, 2.75) is 39.7 Å². The number of hydrogen-bond donors (Lipinski definition) is 3. The predicted molar refractivity (Wildman–Crippen MR) is 112 cm³/mol. The maximum Gasteiger partial charge on any atom is 0.235 e. The van der Waals surface area contributed by atoms with Crippen LogP contribution in [-0.4, -0.2) is 52.4 Å². The van der Waals surface area contributed by atoms with Crippen molar-refractivity contribution >= 4 is 16.3 Å². The quantitative estimate of drug-likeness (QED) is 0.564. The summed E-state index contributed by atoms with van der Waals surface area (Å²) in [5.74, 6) is 1.04. The molecule has 0 saturated carbocycles. The molecule has 1 aromatic carbocycles. The summed E-state index contributed by atoms with van der Waals surface area (Å²) in [6.07, 6.45) is 1.82. The SMILES string of the molecule is CCc1ccc([C@H](c2sc3nc(CC)nn3c2O)[NH+]2CC[NH+](CC)CC2)cc1. The zero-order chi connectivity index (χ0) is 19.7. The van der Waals surface area contributed by atoms with Crippen LogP contribution in [-0.2, 0) is 12.8 Å². The van der Waals surface area contributed by atoms with E-state index < -0.39 is 0 Å². The minimum absolute atomic E-state index is 0.128. The number of fused-ring (bicyclic) bond motifs is 1. The highest BCUT2D eigenvalue weighted by atomic mass is 32.1. The number of hydrogen-bond acceptors (Lipinski definition) is 4. The molecule has 3 aromatic rings. The van der Waals surface area contributed by atoms with Crippen molar-refractivity contribution in [1.82, 2.24) is 14.6 Å². The van der Waals surface area contributed by atoms with Gasteiger partial charge in [-0.15, -0.1) is 5.10 Å². The van der Waals surface area contributed by atoms with Crippen LogP contribution in [0.2, 0.25) is 0 Å². The molecule has 0 radical (unpaired) electrons. The summed E-state index contributed by atoms with van der Waals surface area (Å²) in [5, 5.41) is 15.5. The molecule has 6 nitrogen and oxygen atoms in total. The molecule has 150 valence electrons. The Kier molecular flexibility index (Phi) is 5.66. The Morgan fingerprint density at radius 2 is 1.79 bits per heavy atom. The summed E-state index contributed by atoms with van der Waals surface area (Å²) in [5.41, 5.74) is 2.61. The van der Waals surface area contributed by atoms with Crippen molar-refractivity contribution in [3.05, 3.63) is 46.1 Å². The smallest absolute Gasteiger partial charge is 0.235 e. The van der Waals surface area contributed by atoms with Crippen molar-refractivity contribution in [1.29, 1.82) is 0 Å². The number of benzene rings is 1. The predicted octanol–water partition coefficient (Wildman–Crippen LogP) is 0.514. The lowest BCUT2D eigenvalue weighted by Gasteiger charge is -2.34. The van der Waals surface area contributed by atoms with Crippen LogP contribution in [0.5, 0.6) is 5.88 Å². The van der Waals surface area contributed by atoms with Gasteiger partial charge in [0.05, 0.1) is 6.54 Å². The van der Waals surface area contributed by atoms with Crippen LogP contribution in [0.1, 0.15) is 48.6 Å². The molecule has 1 aliphatic rings. The highest BCUT2D eigenvalue weighted by Crippen LogP contribution is 2.35. The van der Waals surface area contributed by atoms with Gasteiger partial charge in [0, 0.05) is 12.0 Å².